The molecule has 4 rings (SSSR count). The van der Waals surface area contributed by atoms with Crippen LogP contribution in [0.25, 0.3) is 0 Å². The molecular weight excluding hydrogens is 444 g/mol. The van der Waals surface area contributed by atoms with Crippen molar-refractivity contribution in [3.8, 4) is 28.7 Å². The average molecular weight is 466 g/mol. The summed E-state index contributed by atoms with van der Waals surface area (Å²) < 4.78 is 16.7. The third-order valence-corrected chi connectivity index (χ3v) is 5.56. The number of rotatable bonds is 4. The smallest absolute Gasteiger partial charge is 0.203 e. The zero-order valence-electron chi connectivity index (χ0n) is 16.8. The van der Waals surface area contributed by atoms with Gasteiger partial charge in [0.25, 0.3) is 0 Å². The van der Waals surface area contributed by atoms with Crippen LogP contribution in [0.1, 0.15) is 22.0 Å². The van der Waals surface area contributed by atoms with Crippen LogP contribution in [-0.4, -0.2) is 90.1 Å². The van der Waals surface area contributed by atoms with E-state index < -0.39 is 72.6 Å². The van der Waals surface area contributed by atoms with Crippen LogP contribution in [0.4, 0.5) is 0 Å². The topological polar surface area (TPSA) is 207 Å². The van der Waals surface area contributed by atoms with Gasteiger partial charge in [0, 0.05) is 12.1 Å². The standard InChI is InChI=1S/C21H22O12/c22-6-13-15(27)17(29)18(30)21(32-13)33-20-16(28)14-11(26)4-8(23)5-12(14)31-19(20)7-1-2-9(24)10(25)3-7/h1-5,13,15,17-27,29-30H,6H2/t13-,15+,17+,18-,19+,20-,21-/m1/s1. The van der Waals surface area contributed by atoms with Gasteiger partial charge in [0.05, 0.1) is 6.61 Å². The highest BCUT2D eigenvalue weighted by Crippen LogP contribution is 2.44. The first-order chi connectivity index (χ1) is 15.6. The summed E-state index contributed by atoms with van der Waals surface area (Å²) >= 11 is 0. The van der Waals surface area contributed by atoms with Crippen LogP contribution in [-0.2, 0) is 9.47 Å². The first-order valence-corrected chi connectivity index (χ1v) is 9.87. The minimum absolute atomic E-state index is 0.140. The Morgan fingerprint density at radius 1 is 0.879 bits per heavy atom. The zero-order chi connectivity index (χ0) is 24.0. The van der Waals surface area contributed by atoms with Gasteiger partial charge in [-0.1, -0.05) is 6.07 Å². The predicted octanol–water partition coefficient (Wildman–Crippen LogP) is -0.990. The van der Waals surface area contributed by atoms with Crippen molar-refractivity contribution >= 4 is 5.78 Å². The van der Waals surface area contributed by atoms with E-state index >= 15 is 0 Å². The van der Waals surface area contributed by atoms with Gasteiger partial charge < -0.3 is 55.1 Å². The Morgan fingerprint density at radius 2 is 1.61 bits per heavy atom. The number of carbonyl (C=O) groups excluding carboxylic acids is 1. The summed E-state index contributed by atoms with van der Waals surface area (Å²) in [5, 5.41) is 79.2. The van der Waals surface area contributed by atoms with Crippen molar-refractivity contribution in [1.29, 1.82) is 0 Å². The summed E-state index contributed by atoms with van der Waals surface area (Å²) in [5.41, 5.74) is -0.191. The van der Waals surface area contributed by atoms with Gasteiger partial charge in [-0.3, -0.25) is 4.79 Å². The molecule has 33 heavy (non-hydrogen) atoms. The molecule has 12 heteroatoms. The number of ketones is 1. The van der Waals surface area contributed by atoms with Gasteiger partial charge >= 0.3 is 0 Å². The molecule has 8 N–H and O–H groups in total. The van der Waals surface area contributed by atoms with Crippen LogP contribution < -0.4 is 4.74 Å². The number of hydrogen-bond acceptors (Lipinski definition) is 12. The number of aromatic hydroxyl groups is 4. The maximum Gasteiger partial charge on any atom is 0.203 e. The maximum absolute atomic E-state index is 13.3. The van der Waals surface area contributed by atoms with E-state index in [4.69, 9.17) is 14.2 Å². The first kappa shape index (κ1) is 23.0. The van der Waals surface area contributed by atoms with Crippen LogP contribution in [0.15, 0.2) is 30.3 Å². The van der Waals surface area contributed by atoms with Gasteiger partial charge in [0.15, 0.2) is 30.0 Å². The van der Waals surface area contributed by atoms with E-state index in [0.29, 0.717) is 0 Å². The highest BCUT2D eigenvalue weighted by molar-refractivity contribution is 6.05. The van der Waals surface area contributed by atoms with E-state index in [1.807, 2.05) is 0 Å². The number of aliphatic hydroxyl groups is 4. The summed E-state index contributed by atoms with van der Waals surface area (Å²) in [5.74, 6) is -3.00. The van der Waals surface area contributed by atoms with Crippen molar-refractivity contribution in [2.45, 2.75) is 42.9 Å². The molecule has 0 bridgehead atoms. The number of Topliss-reactive ketones (excluding diaryl/α,β-unsaturated/α-hetero) is 1. The molecule has 2 heterocycles. The number of phenols is 4. The molecule has 12 nitrogen and oxygen atoms in total. The molecule has 1 fully saturated rings. The number of fused-ring (bicyclic) bond motifs is 1. The fourth-order valence-corrected chi connectivity index (χ4v) is 3.82. The van der Waals surface area contributed by atoms with Gasteiger partial charge in [0.1, 0.15) is 47.2 Å². The molecular formula is C21H22O12. The normalized spacial score (nSPS) is 31.6. The second-order valence-corrected chi connectivity index (χ2v) is 7.74. The lowest BCUT2D eigenvalue weighted by Gasteiger charge is -2.42. The number of hydrogen-bond donors (Lipinski definition) is 8. The Labute approximate surface area is 186 Å². The highest BCUT2D eigenvalue weighted by atomic mass is 16.7. The molecule has 178 valence electrons. The lowest BCUT2D eigenvalue weighted by atomic mass is 9.92. The highest BCUT2D eigenvalue weighted by Gasteiger charge is 2.49. The number of benzene rings is 2. The van der Waals surface area contributed by atoms with Crippen molar-refractivity contribution in [1.82, 2.24) is 0 Å². The summed E-state index contributed by atoms with van der Waals surface area (Å²) in [6.07, 6.45) is -11.2. The molecule has 2 aromatic carbocycles. The molecule has 2 aliphatic rings. The third-order valence-electron chi connectivity index (χ3n) is 5.56. The van der Waals surface area contributed by atoms with Gasteiger partial charge in [-0.2, -0.15) is 0 Å². The van der Waals surface area contributed by atoms with Crippen molar-refractivity contribution in [2.75, 3.05) is 6.61 Å². The third kappa shape index (κ3) is 4.04. The lowest BCUT2D eigenvalue weighted by molar-refractivity contribution is -0.311. The van der Waals surface area contributed by atoms with E-state index in [1.54, 1.807) is 0 Å². The molecule has 7 atom stereocenters. The van der Waals surface area contributed by atoms with E-state index in [0.717, 1.165) is 24.3 Å². The SMILES string of the molecule is O=C1c2c(O)cc(O)cc2O[C@@H](c2ccc(O)c(O)c2)[C@@H]1O[C@H]1O[C@H](CO)[C@H](O)[C@H](O)[C@H]1O. The Bertz CT molecular complexity index is 1050. The van der Waals surface area contributed by atoms with Crippen molar-refractivity contribution in [3.63, 3.8) is 0 Å². The minimum atomic E-state index is -1.82. The molecule has 0 radical (unpaired) electrons. The molecule has 1 saturated heterocycles. The number of carbonyl (C=O) groups is 1. The molecule has 0 saturated carbocycles. The van der Waals surface area contributed by atoms with E-state index in [-0.39, 0.29) is 22.6 Å². The second kappa shape index (κ2) is 8.67. The second-order valence-electron chi connectivity index (χ2n) is 7.74. The Hall–Kier alpha value is -3.13. The molecule has 0 amide bonds. The molecule has 0 spiro atoms. The molecule has 0 aliphatic carbocycles. The first-order valence-electron chi connectivity index (χ1n) is 9.87. The molecule has 0 aromatic heterocycles. The van der Waals surface area contributed by atoms with Crippen LogP contribution >= 0.6 is 0 Å². The van der Waals surface area contributed by atoms with Gasteiger partial charge in [-0.05, 0) is 17.7 Å². The van der Waals surface area contributed by atoms with E-state index in [1.165, 1.54) is 6.07 Å². The van der Waals surface area contributed by atoms with Crippen molar-refractivity contribution < 1.29 is 59.9 Å². The number of ether oxygens (including phenoxy) is 3. The predicted molar refractivity (Wildman–Crippen MR) is 106 cm³/mol. The largest absolute Gasteiger partial charge is 0.508 e. The maximum atomic E-state index is 13.3. The summed E-state index contributed by atoms with van der Waals surface area (Å²) in [4.78, 5) is 13.3. The van der Waals surface area contributed by atoms with Gasteiger partial charge in [0.2, 0.25) is 5.78 Å². The van der Waals surface area contributed by atoms with Gasteiger partial charge in [-0.15, -0.1) is 0 Å². The molecule has 0 unspecified atom stereocenters. The number of phenolic OH excluding ortho intramolecular Hbond substituents is 4. The average Bonchev–Trinajstić information content (AvgIpc) is 2.76. The van der Waals surface area contributed by atoms with E-state index in [2.05, 4.69) is 0 Å². The van der Waals surface area contributed by atoms with Gasteiger partial charge in [-0.25, -0.2) is 0 Å². The van der Waals surface area contributed by atoms with Crippen molar-refractivity contribution in [3.05, 3.63) is 41.5 Å². The Balaban J connectivity index is 1.75. The molecule has 2 aliphatic heterocycles. The summed E-state index contributed by atoms with van der Waals surface area (Å²) in [6.45, 7) is -0.724. The van der Waals surface area contributed by atoms with Crippen LogP contribution in [0, 0.1) is 0 Å². The Morgan fingerprint density at radius 3 is 2.27 bits per heavy atom. The van der Waals surface area contributed by atoms with Crippen LogP contribution in [0.5, 0.6) is 28.7 Å². The van der Waals surface area contributed by atoms with Crippen molar-refractivity contribution in [2.24, 2.45) is 0 Å². The fourth-order valence-electron chi connectivity index (χ4n) is 3.82. The van der Waals surface area contributed by atoms with Crippen LogP contribution in [0.3, 0.4) is 0 Å². The minimum Gasteiger partial charge on any atom is -0.508 e. The quantitative estimate of drug-likeness (QED) is 0.256. The van der Waals surface area contributed by atoms with Crippen LogP contribution in [0.2, 0.25) is 0 Å². The monoisotopic (exact) mass is 466 g/mol. The zero-order valence-corrected chi connectivity index (χ0v) is 16.8. The Kier molecular flexibility index (Phi) is 6.05. The fraction of sp³-hybridized carbons (Fsp3) is 0.381. The summed E-state index contributed by atoms with van der Waals surface area (Å²) in [7, 11) is 0. The molecule has 2 aromatic rings. The van der Waals surface area contributed by atoms with E-state index in [9.17, 15) is 45.6 Å². The summed E-state index contributed by atoms with van der Waals surface area (Å²) in [6, 6.07) is 5.57. The lowest BCUT2D eigenvalue weighted by Crippen LogP contribution is -2.60. The number of aliphatic hydroxyl groups excluding tert-OH is 4.